The fraction of sp³-hybridized carbons (Fsp3) is 0.111. The topological polar surface area (TPSA) is 0 Å². The van der Waals surface area contributed by atoms with Crippen molar-refractivity contribution in [3.63, 3.8) is 0 Å². The molecular formula is C9H7S-. The van der Waals surface area contributed by atoms with Crippen LogP contribution in [0.2, 0.25) is 0 Å². The summed E-state index contributed by atoms with van der Waals surface area (Å²) in [6.07, 6.45) is 0. The summed E-state index contributed by atoms with van der Waals surface area (Å²) in [7, 11) is 0. The van der Waals surface area contributed by atoms with Crippen LogP contribution in [-0.4, -0.2) is 0 Å². The third-order valence-electron chi connectivity index (χ3n) is 1.25. The van der Waals surface area contributed by atoms with Crippen molar-refractivity contribution in [2.45, 2.75) is 6.92 Å². The largest absolute Gasteiger partial charge is 0.724 e. The molecule has 0 radical (unpaired) electrons. The normalized spacial score (nSPS) is 8.10. The van der Waals surface area contributed by atoms with Crippen molar-refractivity contribution in [2.24, 2.45) is 0 Å². The summed E-state index contributed by atoms with van der Waals surface area (Å²) in [5.41, 5.74) is 2.23. The maximum Gasteiger partial charge on any atom is 0.0227 e. The Morgan fingerprint density at radius 2 is 1.80 bits per heavy atom. The van der Waals surface area contributed by atoms with Crippen LogP contribution in [0.5, 0.6) is 0 Å². The van der Waals surface area contributed by atoms with Crippen LogP contribution < -0.4 is 0 Å². The highest BCUT2D eigenvalue weighted by Crippen LogP contribution is 2.00. The molecule has 0 amide bonds. The molecule has 1 heteroatoms. The molecule has 1 aromatic rings. The molecule has 0 bridgehead atoms. The first-order valence-corrected chi connectivity index (χ1v) is 3.43. The average molecular weight is 147 g/mol. The van der Waals surface area contributed by atoms with E-state index in [0.29, 0.717) is 0 Å². The van der Waals surface area contributed by atoms with Gasteiger partial charge in [0.05, 0.1) is 0 Å². The van der Waals surface area contributed by atoms with Gasteiger partial charge in [-0.2, -0.15) is 0 Å². The summed E-state index contributed by atoms with van der Waals surface area (Å²) in [6, 6.07) is 7.98. The molecule has 0 aliphatic heterocycles. The Kier molecular flexibility index (Phi) is 2.30. The number of hydrogen-bond donors (Lipinski definition) is 0. The highest BCUT2D eigenvalue weighted by molar-refractivity contribution is 7.64. The van der Waals surface area contributed by atoms with Gasteiger partial charge in [0.15, 0.2) is 0 Å². The molecule has 0 aliphatic rings. The number of hydrogen-bond acceptors (Lipinski definition) is 1. The zero-order valence-corrected chi connectivity index (χ0v) is 6.53. The summed E-state index contributed by atoms with van der Waals surface area (Å²) in [5.74, 6) is 2.80. The summed E-state index contributed by atoms with van der Waals surface area (Å²) in [6.45, 7) is 2.05. The monoisotopic (exact) mass is 147 g/mol. The van der Waals surface area contributed by atoms with E-state index in [9.17, 15) is 0 Å². The van der Waals surface area contributed by atoms with Crippen molar-refractivity contribution in [1.82, 2.24) is 0 Å². The molecule has 1 aromatic carbocycles. The zero-order chi connectivity index (χ0) is 7.40. The number of aryl methyl sites for hydroxylation is 1. The van der Waals surface area contributed by atoms with Crippen molar-refractivity contribution in [1.29, 1.82) is 0 Å². The molecule has 0 heterocycles. The fourth-order valence-corrected chi connectivity index (χ4v) is 0.814. The third-order valence-corrected chi connectivity index (χ3v) is 1.35. The second-order valence-electron chi connectivity index (χ2n) is 2.09. The van der Waals surface area contributed by atoms with E-state index in [1.807, 2.05) is 31.2 Å². The minimum atomic E-state index is 0.987. The van der Waals surface area contributed by atoms with Gasteiger partial charge < -0.3 is 12.6 Å². The predicted octanol–water partition coefficient (Wildman–Crippen LogP) is 1.85. The smallest absolute Gasteiger partial charge is 0.0227 e. The Morgan fingerprint density at radius 1 is 1.20 bits per heavy atom. The Bertz CT molecular complexity index is 261. The lowest BCUT2D eigenvalue weighted by Gasteiger charge is -1.91. The van der Waals surface area contributed by atoms with Gasteiger partial charge in [0.25, 0.3) is 0 Å². The fourth-order valence-electron chi connectivity index (χ4n) is 0.696. The lowest BCUT2D eigenvalue weighted by molar-refractivity contribution is 1.46. The summed E-state index contributed by atoms with van der Waals surface area (Å²) in [4.78, 5) is 0. The third kappa shape index (κ3) is 1.75. The number of benzene rings is 1. The van der Waals surface area contributed by atoms with E-state index in [0.717, 1.165) is 5.56 Å². The average Bonchev–Trinajstić information content (AvgIpc) is 1.95. The Balaban J connectivity index is 2.97. The molecule has 0 atom stereocenters. The van der Waals surface area contributed by atoms with Gasteiger partial charge in [0.2, 0.25) is 0 Å². The zero-order valence-electron chi connectivity index (χ0n) is 5.72. The Labute approximate surface area is 66.7 Å². The highest BCUT2D eigenvalue weighted by Gasteiger charge is 1.82. The van der Waals surface area contributed by atoms with Gasteiger partial charge in [-0.05, 0) is 19.1 Å². The van der Waals surface area contributed by atoms with Crippen LogP contribution in [0.3, 0.4) is 0 Å². The second-order valence-corrected chi connectivity index (χ2v) is 2.30. The van der Waals surface area contributed by atoms with Crippen LogP contribution in [-0.2, 0) is 12.6 Å². The molecule has 0 aliphatic carbocycles. The molecule has 0 fully saturated rings. The van der Waals surface area contributed by atoms with Crippen LogP contribution in [0.25, 0.3) is 0 Å². The first-order valence-electron chi connectivity index (χ1n) is 3.03. The molecule has 0 unspecified atom stereocenters. The first-order chi connectivity index (χ1) is 4.83. The van der Waals surface area contributed by atoms with Gasteiger partial charge in [0.1, 0.15) is 0 Å². The maximum atomic E-state index is 4.51. The van der Waals surface area contributed by atoms with E-state index < -0.39 is 0 Å². The summed E-state index contributed by atoms with van der Waals surface area (Å²) >= 11 is 4.51. The van der Waals surface area contributed by atoms with Crippen LogP contribution in [0.15, 0.2) is 24.3 Å². The first kappa shape index (κ1) is 7.11. The predicted molar refractivity (Wildman–Crippen MR) is 45.4 cm³/mol. The lowest BCUT2D eigenvalue weighted by atomic mass is 10.2. The summed E-state index contributed by atoms with van der Waals surface area (Å²) < 4.78 is 0. The van der Waals surface area contributed by atoms with Gasteiger partial charge in [-0.15, -0.1) is 0 Å². The molecule has 0 aromatic heterocycles. The second kappa shape index (κ2) is 3.24. The minimum Gasteiger partial charge on any atom is -0.724 e. The highest BCUT2D eigenvalue weighted by atomic mass is 32.1. The molecule has 0 saturated carbocycles. The minimum absolute atomic E-state index is 0.987. The van der Waals surface area contributed by atoms with Gasteiger partial charge in [0, 0.05) is 5.56 Å². The standard InChI is InChI=1S/C9H8S/c1-8-2-4-9(5-3-8)6-7-10/h2-5,10H,1H3/p-1. The molecule has 10 heavy (non-hydrogen) atoms. The van der Waals surface area contributed by atoms with Crippen molar-refractivity contribution < 1.29 is 0 Å². The van der Waals surface area contributed by atoms with Gasteiger partial charge >= 0.3 is 0 Å². The van der Waals surface area contributed by atoms with Crippen LogP contribution in [0.4, 0.5) is 0 Å². The van der Waals surface area contributed by atoms with Crippen LogP contribution in [0.1, 0.15) is 11.1 Å². The lowest BCUT2D eigenvalue weighted by Crippen LogP contribution is -1.73. The van der Waals surface area contributed by atoms with Crippen molar-refractivity contribution in [3.8, 4) is 11.2 Å². The van der Waals surface area contributed by atoms with Gasteiger partial charge in [-0.25, -0.2) is 5.25 Å². The molecule has 0 N–H and O–H groups in total. The quantitative estimate of drug-likeness (QED) is 0.398. The summed E-state index contributed by atoms with van der Waals surface area (Å²) in [5, 5.41) is 2.44. The van der Waals surface area contributed by atoms with E-state index in [4.69, 9.17) is 0 Å². The van der Waals surface area contributed by atoms with Crippen LogP contribution >= 0.6 is 0 Å². The molecule has 0 spiro atoms. The van der Waals surface area contributed by atoms with Crippen molar-refractivity contribution in [2.75, 3.05) is 0 Å². The van der Waals surface area contributed by atoms with Crippen molar-refractivity contribution in [3.05, 3.63) is 35.4 Å². The van der Waals surface area contributed by atoms with E-state index in [-0.39, 0.29) is 0 Å². The number of rotatable bonds is 0. The Hall–Kier alpha value is -1.00. The van der Waals surface area contributed by atoms with E-state index in [1.165, 1.54) is 5.56 Å². The molecule has 0 nitrogen and oxygen atoms in total. The van der Waals surface area contributed by atoms with E-state index >= 15 is 0 Å². The van der Waals surface area contributed by atoms with Gasteiger partial charge in [-0.1, -0.05) is 23.6 Å². The molecule has 1 rings (SSSR count). The van der Waals surface area contributed by atoms with E-state index in [1.54, 1.807) is 0 Å². The Morgan fingerprint density at radius 3 is 2.30 bits per heavy atom. The SMILES string of the molecule is Cc1ccc(C#C[S-])cc1. The van der Waals surface area contributed by atoms with E-state index in [2.05, 4.69) is 23.8 Å². The molecular weight excluding hydrogens is 140 g/mol. The van der Waals surface area contributed by atoms with Crippen LogP contribution in [0, 0.1) is 18.1 Å². The maximum absolute atomic E-state index is 4.51. The van der Waals surface area contributed by atoms with Gasteiger partial charge in [-0.3, -0.25) is 0 Å². The van der Waals surface area contributed by atoms with Crippen molar-refractivity contribution >= 4 is 12.6 Å². The molecule has 0 saturated heterocycles. The molecule has 50 valence electrons.